The molecule has 1 aliphatic carbocycles. The van der Waals surface area contributed by atoms with Crippen molar-refractivity contribution in [3.05, 3.63) is 0 Å². The molecule has 1 saturated heterocycles. The summed E-state index contributed by atoms with van der Waals surface area (Å²) in [6, 6.07) is -0.462. The fraction of sp³-hybridized carbons (Fsp3) is 0.857. The van der Waals surface area contributed by atoms with Gasteiger partial charge in [0.1, 0.15) is 6.54 Å². The van der Waals surface area contributed by atoms with E-state index in [9.17, 15) is 22.8 Å². The summed E-state index contributed by atoms with van der Waals surface area (Å²) in [6.07, 6.45) is 0.539. The molecule has 0 unspecified atom stereocenters. The summed E-state index contributed by atoms with van der Waals surface area (Å²) in [5.74, 6) is -0.584. The number of urea groups is 1. The first-order chi connectivity index (χ1) is 10.8. The van der Waals surface area contributed by atoms with E-state index in [0.717, 1.165) is 26.2 Å². The highest BCUT2D eigenvalue weighted by molar-refractivity contribution is 5.95. The number of carbonyl (C=O) groups is 2. The van der Waals surface area contributed by atoms with Crippen molar-refractivity contribution in [2.24, 2.45) is 0 Å². The SMILES string of the molecule is O=C(CN1CCN(C2CCCC2)CC1)NC(=O)NCC(F)(F)F. The van der Waals surface area contributed by atoms with E-state index in [1.807, 2.05) is 10.2 Å². The number of carbonyl (C=O) groups excluding carboxylic acids is 2. The Bertz CT molecular complexity index is 417. The van der Waals surface area contributed by atoms with Crippen LogP contribution in [0.15, 0.2) is 0 Å². The van der Waals surface area contributed by atoms with Gasteiger partial charge in [0.2, 0.25) is 5.91 Å². The monoisotopic (exact) mass is 336 g/mol. The molecule has 1 saturated carbocycles. The van der Waals surface area contributed by atoms with Crippen LogP contribution < -0.4 is 10.6 Å². The molecule has 0 aromatic heterocycles. The summed E-state index contributed by atoms with van der Waals surface area (Å²) in [5.41, 5.74) is 0. The maximum Gasteiger partial charge on any atom is 0.405 e. The molecule has 6 nitrogen and oxygen atoms in total. The Hall–Kier alpha value is -1.35. The number of nitrogens with zero attached hydrogens (tertiary/aromatic N) is 2. The van der Waals surface area contributed by atoms with Gasteiger partial charge in [-0.3, -0.25) is 19.9 Å². The standard InChI is InChI=1S/C14H23F3N4O2/c15-14(16,17)10-18-13(23)19-12(22)9-20-5-7-21(8-6-20)11-3-1-2-4-11/h11H,1-10H2,(H2,18,19,22,23). The number of halogens is 3. The van der Waals surface area contributed by atoms with Crippen molar-refractivity contribution in [1.82, 2.24) is 20.4 Å². The Kier molecular flexibility index (Phi) is 6.23. The predicted octanol–water partition coefficient (Wildman–Crippen LogP) is 0.935. The van der Waals surface area contributed by atoms with Gasteiger partial charge in [-0.05, 0) is 12.8 Å². The number of imide groups is 1. The van der Waals surface area contributed by atoms with Crippen LogP contribution in [0.2, 0.25) is 0 Å². The quantitative estimate of drug-likeness (QED) is 0.802. The first-order valence-corrected chi connectivity index (χ1v) is 7.94. The van der Waals surface area contributed by atoms with Gasteiger partial charge >= 0.3 is 12.2 Å². The Balaban J connectivity index is 1.63. The molecule has 0 spiro atoms. The minimum atomic E-state index is -4.49. The average Bonchev–Trinajstić information content (AvgIpc) is 2.99. The largest absolute Gasteiger partial charge is 0.405 e. The van der Waals surface area contributed by atoms with Crippen molar-refractivity contribution in [1.29, 1.82) is 0 Å². The van der Waals surface area contributed by atoms with E-state index >= 15 is 0 Å². The summed E-state index contributed by atoms with van der Waals surface area (Å²) in [5, 5.41) is 3.53. The van der Waals surface area contributed by atoms with Crippen molar-refractivity contribution >= 4 is 11.9 Å². The molecule has 9 heteroatoms. The molecule has 132 valence electrons. The minimum absolute atomic E-state index is 0.0257. The molecule has 0 aromatic rings. The number of amides is 3. The summed E-state index contributed by atoms with van der Waals surface area (Å²) >= 11 is 0. The van der Waals surface area contributed by atoms with Crippen molar-refractivity contribution in [2.75, 3.05) is 39.3 Å². The number of piperazine rings is 1. The summed E-state index contributed by atoms with van der Waals surface area (Å²) in [6.45, 7) is 1.81. The van der Waals surface area contributed by atoms with Crippen LogP contribution in [0.3, 0.4) is 0 Å². The van der Waals surface area contributed by atoms with Gasteiger partial charge in [-0.25, -0.2) is 4.79 Å². The fourth-order valence-corrected chi connectivity index (χ4v) is 3.15. The zero-order valence-corrected chi connectivity index (χ0v) is 13.0. The molecule has 2 aliphatic rings. The van der Waals surface area contributed by atoms with Crippen LogP contribution in [0, 0.1) is 0 Å². The summed E-state index contributed by atoms with van der Waals surface area (Å²) in [7, 11) is 0. The molecule has 1 heterocycles. The third-order valence-electron chi connectivity index (χ3n) is 4.32. The second-order valence-electron chi connectivity index (χ2n) is 6.10. The van der Waals surface area contributed by atoms with Gasteiger partial charge in [0.15, 0.2) is 0 Å². The van der Waals surface area contributed by atoms with E-state index in [-0.39, 0.29) is 6.54 Å². The summed E-state index contributed by atoms with van der Waals surface area (Å²) in [4.78, 5) is 27.2. The Morgan fingerprint density at radius 3 is 2.22 bits per heavy atom. The van der Waals surface area contributed by atoms with Crippen LogP contribution in [0.25, 0.3) is 0 Å². The lowest BCUT2D eigenvalue weighted by atomic mass is 10.2. The molecule has 1 aliphatic heterocycles. The van der Waals surface area contributed by atoms with Gasteiger partial charge in [-0.1, -0.05) is 12.8 Å². The van der Waals surface area contributed by atoms with Crippen molar-refractivity contribution < 1.29 is 22.8 Å². The van der Waals surface area contributed by atoms with Gasteiger partial charge in [0, 0.05) is 32.2 Å². The maximum absolute atomic E-state index is 12.0. The van der Waals surface area contributed by atoms with Gasteiger partial charge < -0.3 is 5.32 Å². The average molecular weight is 336 g/mol. The Labute approximate surface area is 133 Å². The van der Waals surface area contributed by atoms with E-state index in [2.05, 4.69) is 4.90 Å². The van der Waals surface area contributed by atoms with Crippen LogP contribution in [-0.4, -0.2) is 73.2 Å². The maximum atomic E-state index is 12.0. The molecule has 2 rings (SSSR count). The fourth-order valence-electron chi connectivity index (χ4n) is 3.15. The van der Waals surface area contributed by atoms with E-state index in [4.69, 9.17) is 0 Å². The second-order valence-corrected chi connectivity index (χ2v) is 6.10. The highest BCUT2D eigenvalue weighted by atomic mass is 19.4. The molecule has 3 amide bonds. The van der Waals surface area contributed by atoms with Crippen molar-refractivity contribution in [3.63, 3.8) is 0 Å². The van der Waals surface area contributed by atoms with Crippen LogP contribution in [0.5, 0.6) is 0 Å². The molecule has 0 aromatic carbocycles. The number of rotatable bonds is 4. The van der Waals surface area contributed by atoms with E-state index in [1.165, 1.54) is 25.7 Å². The van der Waals surface area contributed by atoms with Crippen molar-refractivity contribution in [3.8, 4) is 0 Å². The molecular weight excluding hydrogens is 313 g/mol. The lowest BCUT2D eigenvalue weighted by Crippen LogP contribution is -2.53. The van der Waals surface area contributed by atoms with Crippen molar-refractivity contribution in [2.45, 2.75) is 37.9 Å². The molecule has 2 N–H and O–H groups in total. The predicted molar refractivity (Wildman–Crippen MR) is 77.9 cm³/mol. The number of alkyl halides is 3. The molecular formula is C14H23F3N4O2. The molecule has 0 atom stereocenters. The lowest BCUT2D eigenvalue weighted by molar-refractivity contribution is -0.125. The van der Waals surface area contributed by atoms with Gasteiger partial charge in [-0.15, -0.1) is 0 Å². The second kappa shape index (κ2) is 7.96. The van der Waals surface area contributed by atoms with E-state index in [1.54, 1.807) is 5.32 Å². The third kappa shape index (κ3) is 6.34. The third-order valence-corrected chi connectivity index (χ3v) is 4.32. The molecule has 2 fully saturated rings. The minimum Gasteiger partial charge on any atom is -0.329 e. The first-order valence-electron chi connectivity index (χ1n) is 7.94. The Morgan fingerprint density at radius 1 is 1.04 bits per heavy atom. The van der Waals surface area contributed by atoms with Crippen LogP contribution in [0.4, 0.5) is 18.0 Å². The summed E-state index contributed by atoms with van der Waals surface area (Å²) < 4.78 is 35.9. The Morgan fingerprint density at radius 2 is 1.65 bits per heavy atom. The zero-order valence-electron chi connectivity index (χ0n) is 13.0. The lowest BCUT2D eigenvalue weighted by Gasteiger charge is -2.37. The normalized spacial score (nSPS) is 21.3. The van der Waals surface area contributed by atoms with Gasteiger partial charge in [0.05, 0.1) is 6.54 Å². The smallest absolute Gasteiger partial charge is 0.329 e. The highest BCUT2D eigenvalue weighted by Gasteiger charge is 2.29. The topological polar surface area (TPSA) is 64.7 Å². The molecule has 0 bridgehead atoms. The van der Waals surface area contributed by atoms with Crippen LogP contribution in [0.1, 0.15) is 25.7 Å². The number of nitrogens with one attached hydrogen (secondary N) is 2. The molecule has 0 radical (unpaired) electrons. The van der Waals surface area contributed by atoms with Gasteiger partial charge in [0.25, 0.3) is 0 Å². The number of hydrogen-bond donors (Lipinski definition) is 2. The van der Waals surface area contributed by atoms with Crippen LogP contribution >= 0.6 is 0 Å². The zero-order chi connectivity index (χ0) is 16.9. The highest BCUT2D eigenvalue weighted by Crippen LogP contribution is 2.24. The number of hydrogen-bond acceptors (Lipinski definition) is 4. The van der Waals surface area contributed by atoms with Crippen LogP contribution in [-0.2, 0) is 4.79 Å². The van der Waals surface area contributed by atoms with Gasteiger partial charge in [-0.2, -0.15) is 13.2 Å². The first kappa shape index (κ1) is 18.0. The van der Waals surface area contributed by atoms with E-state index < -0.39 is 24.7 Å². The van der Waals surface area contributed by atoms with E-state index in [0.29, 0.717) is 6.04 Å². The molecule has 23 heavy (non-hydrogen) atoms.